The van der Waals surface area contributed by atoms with Crippen LogP contribution in [0.5, 0.6) is 0 Å². The van der Waals surface area contributed by atoms with E-state index in [0.29, 0.717) is 5.69 Å². The van der Waals surface area contributed by atoms with Crippen molar-refractivity contribution in [1.82, 2.24) is 9.97 Å². The Kier molecular flexibility index (Phi) is 3.27. The molecule has 3 heterocycles. The van der Waals surface area contributed by atoms with Crippen LogP contribution in [0.3, 0.4) is 0 Å². The molecule has 0 aromatic carbocycles. The number of nitrogen functional groups attached to an aromatic ring is 1. The number of rotatable bonds is 3. The van der Waals surface area contributed by atoms with Gasteiger partial charge in [0, 0.05) is 17.2 Å². The minimum atomic E-state index is -2.03. The van der Waals surface area contributed by atoms with Crippen molar-refractivity contribution in [3.05, 3.63) is 6.33 Å². The highest BCUT2D eigenvalue weighted by Gasteiger charge is 2.94. The zero-order valence-electron chi connectivity index (χ0n) is 13.9. The summed E-state index contributed by atoms with van der Waals surface area (Å²) >= 11 is 6.17. The fraction of sp³-hybridized carbons (Fsp3) is 0.643. The van der Waals surface area contributed by atoms with Crippen LogP contribution in [0.4, 0.5) is 17.3 Å². The highest BCUT2D eigenvalue weighted by Crippen LogP contribution is 2.74. The highest BCUT2D eigenvalue weighted by molar-refractivity contribution is 6.28. The molecule has 0 amide bonds. The lowest BCUT2D eigenvalue weighted by Crippen LogP contribution is -2.50. The fourth-order valence-electron chi connectivity index (χ4n) is 4.32. The average Bonchev–Trinajstić information content (AvgIpc) is 2.87. The second-order valence-electron chi connectivity index (χ2n) is 7.25. The van der Waals surface area contributed by atoms with Crippen LogP contribution in [0.2, 0.25) is 0 Å². The van der Waals surface area contributed by atoms with Crippen molar-refractivity contribution in [3.63, 3.8) is 0 Å². The minimum absolute atomic E-state index is 0.00515. The summed E-state index contributed by atoms with van der Waals surface area (Å²) in [5.41, 5.74) is 1.15. The first-order chi connectivity index (χ1) is 12.0. The molecule has 1 unspecified atom stereocenters. The van der Waals surface area contributed by atoms with Gasteiger partial charge >= 0.3 is 5.97 Å². The summed E-state index contributed by atoms with van der Waals surface area (Å²) in [5, 5.41) is 41.3. The molecular weight excluding hydrogens is 370 g/mol. The predicted octanol–water partition coefficient (Wildman–Crippen LogP) is -1.53. The van der Waals surface area contributed by atoms with Crippen molar-refractivity contribution in [1.29, 1.82) is 0 Å². The predicted molar refractivity (Wildman–Crippen MR) is 88.1 cm³/mol. The normalized spacial score (nSPS) is 38.1. The second-order valence-corrected chi connectivity index (χ2v) is 7.66. The maximum atomic E-state index is 11.2. The van der Waals surface area contributed by atoms with Gasteiger partial charge in [0.1, 0.15) is 36.0 Å². The van der Waals surface area contributed by atoms with Gasteiger partial charge in [-0.05, 0) is 0 Å². The smallest absolute Gasteiger partial charge is 0.335 e. The molecule has 1 aliphatic carbocycles. The summed E-state index contributed by atoms with van der Waals surface area (Å²) in [6.07, 6.45) is -3.57. The Balaban J connectivity index is 1.78. The molecule has 4 rings (SSSR count). The summed E-state index contributed by atoms with van der Waals surface area (Å²) in [4.78, 5) is 20.7. The number of hydrogen-bond acceptors (Lipinski definition) is 10. The van der Waals surface area contributed by atoms with E-state index < -0.39 is 41.0 Å². The molecule has 2 fully saturated rings. The van der Waals surface area contributed by atoms with Crippen molar-refractivity contribution in [2.45, 2.75) is 43.5 Å². The van der Waals surface area contributed by atoms with Gasteiger partial charge < -0.3 is 35.8 Å². The molecule has 5 atom stereocenters. The van der Waals surface area contributed by atoms with Crippen LogP contribution in [0.15, 0.2) is 6.33 Å². The molecular formula is C14H18ClN5O6. The quantitative estimate of drug-likeness (QED) is 0.382. The minimum Gasteiger partial charge on any atom is -0.479 e. The first-order valence-corrected chi connectivity index (χ1v) is 8.15. The number of anilines is 3. The van der Waals surface area contributed by atoms with Crippen molar-refractivity contribution in [2.75, 3.05) is 21.7 Å². The van der Waals surface area contributed by atoms with E-state index in [2.05, 4.69) is 9.97 Å². The maximum Gasteiger partial charge on any atom is 0.335 e. The Hall–Kier alpha value is -1.92. The molecule has 26 heavy (non-hydrogen) atoms. The highest BCUT2D eigenvalue weighted by atomic mass is 35.5. The Bertz CT molecular complexity index is 810. The van der Waals surface area contributed by atoms with E-state index >= 15 is 0 Å². The van der Waals surface area contributed by atoms with Crippen LogP contribution in [0.25, 0.3) is 0 Å². The number of aliphatic hydroxyl groups excluding tert-OH is 1. The average molecular weight is 388 g/mol. The first-order valence-electron chi connectivity index (χ1n) is 7.81. The largest absolute Gasteiger partial charge is 0.479 e. The molecule has 1 saturated carbocycles. The van der Waals surface area contributed by atoms with Crippen LogP contribution in [0.1, 0.15) is 13.8 Å². The number of aliphatic hydroxyl groups is 3. The van der Waals surface area contributed by atoms with E-state index in [1.54, 1.807) is 13.8 Å². The summed E-state index contributed by atoms with van der Waals surface area (Å²) in [6, 6.07) is 0. The number of carboxylic acids is 1. The van der Waals surface area contributed by atoms with Gasteiger partial charge in [-0.2, -0.15) is 0 Å². The summed E-state index contributed by atoms with van der Waals surface area (Å²) < 4.78 is 6.85. The van der Waals surface area contributed by atoms with Crippen LogP contribution >= 0.6 is 11.8 Å². The molecule has 0 bridgehead atoms. The maximum absolute atomic E-state index is 11.2. The fourth-order valence-corrected chi connectivity index (χ4v) is 4.59. The topological polar surface area (TPSA) is 166 Å². The van der Waals surface area contributed by atoms with Gasteiger partial charge in [0.25, 0.3) is 0 Å². The van der Waals surface area contributed by atoms with Crippen LogP contribution < -0.4 is 15.1 Å². The molecule has 11 nitrogen and oxygen atoms in total. The molecule has 3 aliphatic rings. The van der Waals surface area contributed by atoms with Gasteiger partial charge in [0.15, 0.2) is 24.0 Å². The molecule has 2 aliphatic heterocycles. The van der Waals surface area contributed by atoms with E-state index in [1.165, 1.54) is 15.6 Å². The number of fused-ring (bicyclic) bond motifs is 2. The van der Waals surface area contributed by atoms with E-state index in [-0.39, 0.29) is 18.3 Å². The Morgan fingerprint density at radius 2 is 2.08 bits per heavy atom. The third-order valence-corrected chi connectivity index (χ3v) is 6.19. The molecule has 0 radical (unpaired) electrons. The Labute approximate surface area is 152 Å². The number of hydrogen-bond donors (Lipinski definition) is 5. The molecule has 1 aromatic heterocycles. The van der Waals surface area contributed by atoms with Gasteiger partial charge in [-0.25, -0.2) is 14.8 Å². The molecule has 1 saturated heterocycles. The van der Waals surface area contributed by atoms with Crippen LogP contribution in [0, 0.1) is 5.41 Å². The van der Waals surface area contributed by atoms with Gasteiger partial charge in [0.05, 0.1) is 0 Å². The molecule has 12 heteroatoms. The van der Waals surface area contributed by atoms with E-state index in [4.69, 9.17) is 27.4 Å². The number of halogens is 1. The monoisotopic (exact) mass is 387 g/mol. The van der Waals surface area contributed by atoms with E-state index in [0.717, 1.165) is 0 Å². The van der Waals surface area contributed by atoms with Gasteiger partial charge in [0.2, 0.25) is 0 Å². The van der Waals surface area contributed by atoms with E-state index in [1.807, 2.05) is 0 Å². The third kappa shape index (κ3) is 1.65. The number of nitrogens with two attached hydrogens (primary N) is 1. The lowest BCUT2D eigenvalue weighted by Gasteiger charge is -2.33. The lowest BCUT2D eigenvalue weighted by atomic mass is 9.97. The Morgan fingerprint density at radius 3 is 2.69 bits per heavy atom. The van der Waals surface area contributed by atoms with Gasteiger partial charge in [-0.15, -0.1) is 0 Å². The summed E-state index contributed by atoms with van der Waals surface area (Å²) in [7, 11) is 0. The number of nitrogens with zero attached hydrogens (tertiary/aromatic N) is 4. The molecule has 0 spiro atoms. The first kappa shape index (κ1) is 17.5. The molecule has 1 aromatic rings. The zero-order chi connectivity index (χ0) is 19.2. The SMILES string of the molecule is CC1(C)[C@]2(O)[C@H](N3CN(Cl)c4c(N)ncnc43)O[C@H](C(O)C(=O)O)[C@]12O. The summed E-state index contributed by atoms with van der Waals surface area (Å²) in [6.45, 7) is 3.12. The number of aliphatic carboxylic acids is 1. The number of ether oxygens (including phenoxy) is 1. The van der Waals surface area contributed by atoms with Crippen molar-refractivity contribution in [2.24, 2.45) is 5.41 Å². The van der Waals surface area contributed by atoms with Gasteiger partial charge in [-0.1, -0.05) is 13.8 Å². The number of aromatic nitrogens is 2. The molecule has 142 valence electrons. The van der Waals surface area contributed by atoms with E-state index in [9.17, 15) is 20.1 Å². The Morgan fingerprint density at radius 1 is 1.42 bits per heavy atom. The lowest BCUT2D eigenvalue weighted by molar-refractivity contribution is -0.168. The van der Waals surface area contributed by atoms with Crippen molar-refractivity contribution < 1.29 is 30.0 Å². The van der Waals surface area contributed by atoms with Crippen LogP contribution in [-0.2, 0) is 9.53 Å². The van der Waals surface area contributed by atoms with Crippen molar-refractivity contribution in [3.8, 4) is 0 Å². The molecule has 6 N–H and O–H groups in total. The second kappa shape index (κ2) is 4.87. The van der Waals surface area contributed by atoms with Crippen molar-refractivity contribution >= 4 is 35.1 Å². The number of carboxylic acid groups (broad SMARTS) is 1. The van der Waals surface area contributed by atoms with Crippen LogP contribution in [-0.4, -0.2) is 72.7 Å². The van der Waals surface area contributed by atoms with Gasteiger partial charge in [-0.3, -0.25) is 4.42 Å². The number of carbonyl (C=O) groups is 1. The summed E-state index contributed by atoms with van der Waals surface area (Å²) in [5.74, 6) is -1.19. The standard InChI is InChI=1S/C14H18ClN5O6/c1-12(2)13(24)7(6(21)10(22)23)26-11(14(12,13)25)19-4-20(15)5-8(16)17-3-18-9(5)19/h3,6-7,11,21,24-25H,4H2,1-2H3,(H,22,23)(H2,16,17,18)/t6?,7-,11-,13+,14-/m1/s1. The zero-order valence-corrected chi connectivity index (χ0v) is 14.6. The third-order valence-electron chi connectivity index (χ3n) is 5.91.